The van der Waals surface area contributed by atoms with Crippen LogP contribution >= 0.6 is 0 Å². The molecule has 28 heavy (non-hydrogen) atoms. The quantitative estimate of drug-likeness (QED) is 0.744. The molecule has 1 saturated carbocycles. The number of aromatic nitrogens is 4. The number of hydrogen-bond donors (Lipinski definition) is 1. The summed E-state index contributed by atoms with van der Waals surface area (Å²) in [4.78, 5) is 11.7. The Morgan fingerprint density at radius 2 is 2.04 bits per heavy atom. The van der Waals surface area contributed by atoms with Gasteiger partial charge in [0.15, 0.2) is 5.65 Å². The Morgan fingerprint density at radius 3 is 2.89 bits per heavy atom. The summed E-state index contributed by atoms with van der Waals surface area (Å²) in [7, 11) is 0. The summed E-state index contributed by atoms with van der Waals surface area (Å²) >= 11 is 0. The minimum absolute atomic E-state index is 0.718. The predicted octanol–water partition coefficient (Wildman–Crippen LogP) is 4.06. The van der Waals surface area contributed by atoms with E-state index in [1.807, 2.05) is 23.0 Å². The third-order valence-corrected chi connectivity index (χ3v) is 6.45. The second kappa shape index (κ2) is 7.41. The third kappa shape index (κ3) is 3.32. The van der Waals surface area contributed by atoms with Crippen LogP contribution in [-0.4, -0.2) is 32.7 Å². The highest BCUT2D eigenvalue weighted by Gasteiger charge is 2.32. The van der Waals surface area contributed by atoms with E-state index in [0.29, 0.717) is 0 Å². The molecule has 2 atom stereocenters. The summed E-state index contributed by atoms with van der Waals surface area (Å²) in [6.07, 6.45) is 12.5. The first-order valence-corrected chi connectivity index (χ1v) is 10.5. The number of fused-ring (bicyclic) bond motifs is 2. The lowest BCUT2D eigenvalue weighted by Crippen LogP contribution is -2.42. The molecule has 0 amide bonds. The van der Waals surface area contributed by atoms with Crippen LogP contribution in [0.3, 0.4) is 0 Å². The van der Waals surface area contributed by atoms with Crippen molar-refractivity contribution >= 4 is 17.3 Å². The average Bonchev–Trinajstić information content (AvgIpc) is 3.13. The van der Waals surface area contributed by atoms with Crippen LogP contribution in [-0.2, 0) is 6.54 Å². The molecule has 0 aromatic carbocycles. The van der Waals surface area contributed by atoms with Crippen molar-refractivity contribution in [3.05, 3.63) is 47.9 Å². The van der Waals surface area contributed by atoms with Crippen LogP contribution in [0.15, 0.2) is 36.8 Å². The number of nitrogens with one attached hydrogen (secondary N) is 1. The van der Waals surface area contributed by atoms with Gasteiger partial charge in [-0.05, 0) is 43.2 Å². The van der Waals surface area contributed by atoms with Gasteiger partial charge in [0.2, 0.25) is 0 Å². The number of rotatable bonds is 4. The SMILES string of the molecule is Cc1cnn2c(NCc3cccnc3)cc(N3CCC4CCCCC4C3)nc12. The number of aryl methyl sites for hydroxylation is 1. The lowest BCUT2D eigenvalue weighted by molar-refractivity contribution is 0.202. The Labute approximate surface area is 166 Å². The maximum absolute atomic E-state index is 4.99. The van der Waals surface area contributed by atoms with E-state index in [1.165, 1.54) is 32.1 Å². The van der Waals surface area contributed by atoms with Gasteiger partial charge < -0.3 is 10.2 Å². The molecule has 3 aromatic heterocycles. The first-order valence-electron chi connectivity index (χ1n) is 10.5. The van der Waals surface area contributed by atoms with Crippen molar-refractivity contribution in [2.75, 3.05) is 23.3 Å². The Morgan fingerprint density at radius 1 is 1.14 bits per heavy atom. The standard InChI is InChI=1S/C22H28N6/c1-16-12-25-28-20(24-14-17-5-4-9-23-13-17)11-21(26-22(16)28)27-10-8-18-6-2-3-7-19(18)15-27/h4-5,9,11-13,18-19,24H,2-3,6-8,10,14-15H2,1H3. The Kier molecular flexibility index (Phi) is 4.63. The summed E-state index contributed by atoms with van der Waals surface area (Å²) < 4.78 is 1.92. The zero-order chi connectivity index (χ0) is 18.9. The van der Waals surface area contributed by atoms with Gasteiger partial charge in [-0.1, -0.05) is 25.3 Å². The van der Waals surface area contributed by atoms with Crippen LogP contribution in [0.5, 0.6) is 0 Å². The third-order valence-electron chi connectivity index (χ3n) is 6.45. The van der Waals surface area contributed by atoms with Crippen LogP contribution < -0.4 is 10.2 Å². The molecule has 6 heteroatoms. The zero-order valence-electron chi connectivity index (χ0n) is 16.5. The molecule has 1 saturated heterocycles. The molecule has 1 aliphatic carbocycles. The summed E-state index contributed by atoms with van der Waals surface area (Å²) in [5, 5.41) is 8.09. The molecule has 1 N–H and O–H groups in total. The van der Waals surface area contributed by atoms with E-state index < -0.39 is 0 Å². The molecule has 0 radical (unpaired) electrons. The number of nitrogens with zero attached hydrogens (tertiary/aromatic N) is 5. The zero-order valence-corrected chi connectivity index (χ0v) is 16.5. The Bertz CT molecular complexity index is 950. The highest BCUT2D eigenvalue weighted by Crippen LogP contribution is 2.37. The van der Waals surface area contributed by atoms with Gasteiger partial charge in [0.05, 0.1) is 6.20 Å². The second-order valence-corrected chi connectivity index (χ2v) is 8.32. The maximum Gasteiger partial charge on any atom is 0.162 e. The molecule has 0 spiro atoms. The van der Waals surface area contributed by atoms with Crippen LogP contribution in [0.1, 0.15) is 43.2 Å². The number of anilines is 2. The van der Waals surface area contributed by atoms with Gasteiger partial charge in [0.1, 0.15) is 11.6 Å². The lowest BCUT2D eigenvalue weighted by atomic mass is 9.75. The van der Waals surface area contributed by atoms with Gasteiger partial charge >= 0.3 is 0 Å². The molecule has 2 unspecified atom stereocenters. The molecule has 3 aromatic rings. The first-order chi connectivity index (χ1) is 13.8. The molecule has 5 rings (SSSR count). The normalized spacial score (nSPS) is 22.2. The minimum atomic E-state index is 0.718. The summed E-state index contributed by atoms with van der Waals surface area (Å²) in [6, 6.07) is 6.22. The molecule has 6 nitrogen and oxygen atoms in total. The monoisotopic (exact) mass is 376 g/mol. The van der Waals surface area contributed by atoms with E-state index in [2.05, 4.69) is 39.4 Å². The van der Waals surface area contributed by atoms with Crippen LogP contribution in [0, 0.1) is 18.8 Å². The van der Waals surface area contributed by atoms with Gasteiger partial charge in [-0.25, -0.2) is 4.98 Å². The van der Waals surface area contributed by atoms with Crippen molar-refractivity contribution in [3.8, 4) is 0 Å². The second-order valence-electron chi connectivity index (χ2n) is 8.32. The van der Waals surface area contributed by atoms with Gasteiger partial charge in [-0.2, -0.15) is 9.61 Å². The smallest absolute Gasteiger partial charge is 0.162 e. The molecular weight excluding hydrogens is 348 g/mol. The van der Waals surface area contributed by atoms with Gasteiger partial charge in [-0.15, -0.1) is 0 Å². The summed E-state index contributed by atoms with van der Waals surface area (Å²) in [5.74, 6) is 3.82. The molecule has 4 heterocycles. The molecule has 2 aliphatic rings. The highest BCUT2D eigenvalue weighted by atomic mass is 15.3. The van der Waals surface area contributed by atoms with Crippen molar-refractivity contribution in [1.29, 1.82) is 0 Å². The van der Waals surface area contributed by atoms with Gasteiger partial charge in [0, 0.05) is 43.7 Å². The largest absolute Gasteiger partial charge is 0.366 e. The topological polar surface area (TPSA) is 58.4 Å². The molecule has 2 fully saturated rings. The van der Waals surface area contributed by atoms with E-state index >= 15 is 0 Å². The van der Waals surface area contributed by atoms with E-state index in [-0.39, 0.29) is 0 Å². The Balaban J connectivity index is 1.43. The molecule has 0 bridgehead atoms. The maximum atomic E-state index is 4.99. The van der Waals surface area contributed by atoms with Crippen LogP contribution in [0.2, 0.25) is 0 Å². The van der Waals surface area contributed by atoms with E-state index in [0.717, 1.165) is 59.9 Å². The fourth-order valence-electron chi connectivity index (χ4n) is 4.85. The minimum Gasteiger partial charge on any atom is -0.366 e. The van der Waals surface area contributed by atoms with Crippen molar-refractivity contribution < 1.29 is 0 Å². The fraction of sp³-hybridized carbons (Fsp3) is 0.500. The van der Waals surface area contributed by atoms with Crippen LogP contribution in [0.25, 0.3) is 5.65 Å². The summed E-state index contributed by atoms with van der Waals surface area (Å²) in [5.41, 5.74) is 3.21. The number of pyridine rings is 1. The van der Waals surface area contributed by atoms with E-state index in [4.69, 9.17) is 4.98 Å². The lowest BCUT2D eigenvalue weighted by Gasteiger charge is -2.41. The van der Waals surface area contributed by atoms with Crippen molar-refractivity contribution in [2.24, 2.45) is 11.8 Å². The van der Waals surface area contributed by atoms with E-state index in [1.54, 1.807) is 6.20 Å². The fourth-order valence-corrected chi connectivity index (χ4v) is 4.85. The van der Waals surface area contributed by atoms with E-state index in [9.17, 15) is 0 Å². The number of piperidine rings is 1. The van der Waals surface area contributed by atoms with Crippen molar-refractivity contribution in [1.82, 2.24) is 19.6 Å². The highest BCUT2D eigenvalue weighted by molar-refractivity contribution is 5.61. The first kappa shape index (κ1) is 17.5. The number of hydrogen-bond acceptors (Lipinski definition) is 5. The van der Waals surface area contributed by atoms with Crippen molar-refractivity contribution in [3.63, 3.8) is 0 Å². The summed E-state index contributed by atoms with van der Waals surface area (Å²) in [6.45, 7) is 5.05. The molecule has 1 aliphatic heterocycles. The van der Waals surface area contributed by atoms with Crippen LogP contribution in [0.4, 0.5) is 11.6 Å². The Hall–Kier alpha value is -2.63. The van der Waals surface area contributed by atoms with Gasteiger partial charge in [0.25, 0.3) is 0 Å². The molecular formula is C22H28N6. The average molecular weight is 377 g/mol. The van der Waals surface area contributed by atoms with Crippen molar-refractivity contribution in [2.45, 2.75) is 45.6 Å². The van der Waals surface area contributed by atoms with Gasteiger partial charge in [-0.3, -0.25) is 4.98 Å². The molecule has 146 valence electrons. The predicted molar refractivity (Wildman–Crippen MR) is 112 cm³/mol.